The van der Waals surface area contributed by atoms with Gasteiger partial charge >= 0.3 is 0 Å². The van der Waals surface area contributed by atoms with Crippen molar-refractivity contribution in [2.24, 2.45) is 0 Å². The minimum atomic E-state index is -0.292. The molecule has 1 N–H and O–H groups in total. The van der Waals surface area contributed by atoms with E-state index < -0.39 is 0 Å². The van der Waals surface area contributed by atoms with E-state index >= 15 is 0 Å². The van der Waals surface area contributed by atoms with E-state index in [1.165, 1.54) is 0 Å². The van der Waals surface area contributed by atoms with Crippen molar-refractivity contribution < 1.29 is 9.59 Å². The van der Waals surface area contributed by atoms with Crippen LogP contribution in [0.5, 0.6) is 0 Å². The predicted molar refractivity (Wildman–Crippen MR) is 67.2 cm³/mol. The Kier molecular flexibility index (Phi) is 3.73. The molecule has 1 saturated carbocycles. The molecule has 1 atom stereocenters. The standard InChI is InChI=1S/C14H14N2O2/c1-15-11-7-5-10(6-8-11)9-14(18)16-12-3-2-4-13(12)17/h5-8,12H,2-4,9H2,(H,16,18)/t12-/m1/s1. The zero-order valence-electron chi connectivity index (χ0n) is 9.98. The van der Waals surface area contributed by atoms with Gasteiger partial charge in [-0.2, -0.15) is 0 Å². The lowest BCUT2D eigenvalue weighted by molar-refractivity contribution is -0.126. The molecule has 0 unspecified atom stereocenters. The lowest BCUT2D eigenvalue weighted by Crippen LogP contribution is -2.38. The first kappa shape index (κ1) is 12.3. The number of carbonyl (C=O) groups is 2. The maximum atomic E-state index is 11.7. The van der Waals surface area contributed by atoms with E-state index in [-0.39, 0.29) is 24.2 Å². The Hall–Kier alpha value is -2.15. The average Bonchev–Trinajstić information content (AvgIpc) is 2.76. The fourth-order valence-electron chi connectivity index (χ4n) is 2.09. The summed E-state index contributed by atoms with van der Waals surface area (Å²) in [6.45, 7) is 6.84. The van der Waals surface area contributed by atoms with Gasteiger partial charge in [-0.25, -0.2) is 4.85 Å². The number of benzene rings is 1. The van der Waals surface area contributed by atoms with Crippen molar-refractivity contribution in [1.29, 1.82) is 0 Å². The number of nitrogens with one attached hydrogen (secondary N) is 1. The minimum Gasteiger partial charge on any atom is -0.346 e. The van der Waals surface area contributed by atoms with Gasteiger partial charge in [-0.05, 0) is 18.4 Å². The lowest BCUT2D eigenvalue weighted by Gasteiger charge is -2.10. The van der Waals surface area contributed by atoms with E-state index in [1.807, 2.05) is 0 Å². The molecule has 0 heterocycles. The van der Waals surface area contributed by atoms with E-state index in [0.29, 0.717) is 12.1 Å². The van der Waals surface area contributed by atoms with Gasteiger partial charge in [0.1, 0.15) is 0 Å². The number of carbonyl (C=O) groups excluding carboxylic acids is 2. The van der Waals surface area contributed by atoms with E-state index in [0.717, 1.165) is 18.4 Å². The fraction of sp³-hybridized carbons (Fsp3) is 0.357. The van der Waals surface area contributed by atoms with Crippen LogP contribution in [0.15, 0.2) is 24.3 Å². The van der Waals surface area contributed by atoms with E-state index in [9.17, 15) is 9.59 Å². The Morgan fingerprint density at radius 3 is 2.67 bits per heavy atom. The molecule has 1 fully saturated rings. The van der Waals surface area contributed by atoms with Crippen LogP contribution in [0.3, 0.4) is 0 Å². The van der Waals surface area contributed by atoms with Crippen LogP contribution in [0.4, 0.5) is 5.69 Å². The summed E-state index contributed by atoms with van der Waals surface area (Å²) >= 11 is 0. The molecule has 18 heavy (non-hydrogen) atoms. The molecule has 4 nitrogen and oxygen atoms in total. The molecule has 0 saturated heterocycles. The summed E-state index contributed by atoms with van der Waals surface area (Å²) in [6.07, 6.45) is 2.44. The third kappa shape index (κ3) is 2.95. The van der Waals surface area contributed by atoms with Crippen molar-refractivity contribution in [3.05, 3.63) is 41.2 Å². The van der Waals surface area contributed by atoms with E-state index in [2.05, 4.69) is 10.2 Å². The molecule has 0 spiro atoms. The SMILES string of the molecule is [C-]#[N+]c1ccc(CC(=O)N[C@@H]2CCCC2=O)cc1. The van der Waals surface area contributed by atoms with Crippen LogP contribution in [0.2, 0.25) is 0 Å². The van der Waals surface area contributed by atoms with Gasteiger partial charge in [0.05, 0.1) is 19.0 Å². The molecule has 1 aromatic carbocycles. The first-order valence-electron chi connectivity index (χ1n) is 5.97. The minimum absolute atomic E-state index is 0.131. The third-order valence-corrected chi connectivity index (χ3v) is 3.07. The van der Waals surface area contributed by atoms with Crippen LogP contribution in [0.1, 0.15) is 24.8 Å². The Morgan fingerprint density at radius 1 is 1.39 bits per heavy atom. The number of amides is 1. The molecule has 92 valence electrons. The molecule has 1 aromatic rings. The van der Waals surface area contributed by atoms with Crippen LogP contribution < -0.4 is 5.32 Å². The van der Waals surface area contributed by atoms with Crippen molar-refractivity contribution in [1.82, 2.24) is 5.32 Å². The van der Waals surface area contributed by atoms with Crippen molar-refractivity contribution >= 4 is 17.4 Å². The van der Waals surface area contributed by atoms with Gasteiger partial charge in [-0.15, -0.1) is 0 Å². The van der Waals surface area contributed by atoms with E-state index in [1.54, 1.807) is 24.3 Å². The molecule has 0 bridgehead atoms. The topological polar surface area (TPSA) is 50.5 Å². The van der Waals surface area contributed by atoms with Gasteiger partial charge in [0.25, 0.3) is 0 Å². The van der Waals surface area contributed by atoms with Gasteiger partial charge in [-0.3, -0.25) is 9.59 Å². The van der Waals surface area contributed by atoms with Crippen LogP contribution in [-0.2, 0) is 16.0 Å². The molecule has 0 radical (unpaired) electrons. The number of Topliss-reactive ketones (excluding diaryl/α,β-unsaturated/α-hetero) is 1. The Balaban J connectivity index is 1.90. The summed E-state index contributed by atoms with van der Waals surface area (Å²) < 4.78 is 0. The summed E-state index contributed by atoms with van der Waals surface area (Å²) in [7, 11) is 0. The molecule has 2 rings (SSSR count). The molecular formula is C14H14N2O2. The second-order valence-electron chi connectivity index (χ2n) is 4.43. The molecule has 1 amide bonds. The largest absolute Gasteiger partial charge is 0.346 e. The van der Waals surface area contributed by atoms with Crippen LogP contribution in [-0.4, -0.2) is 17.7 Å². The normalized spacial score (nSPS) is 18.4. The maximum Gasteiger partial charge on any atom is 0.224 e. The predicted octanol–water partition coefficient (Wildman–Crippen LogP) is 2.02. The van der Waals surface area contributed by atoms with Crippen molar-refractivity contribution in [3.8, 4) is 0 Å². The lowest BCUT2D eigenvalue weighted by atomic mass is 10.1. The summed E-state index contributed by atoms with van der Waals surface area (Å²) in [4.78, 5) is 26.4. The number of ketones is 1. The summed E-state index contributed by atoms with van der Waals surface area (Å²) in [5.74, 6) is -0.00230. The highest BCUT2D eigenvalue weighted by molar-refractivity contribution is 5.91. The van der Waals surface area contributed by atoms with Crippen molar-refractivity contribution in [3.63, 3.8) is 0 Å². The summed E-state index contributed by atoms with van der Waals surface area (Å²) in [5.41, 5.74) is 1.41. The van der Waals surface area contributed by atoms with Gasteiger partial charge < -0.3 is 5.32 Å². The molecule has 0 aliphatic heterocycles. The van der Waals surface area contributed by atoms with Crippen LogP contribution >= 0.6 is 0 Å². The van der Waals surface area contributed by atoms with Gasteiger partial charge in [0, 0.05) is 6.42 Å². The molecular weight excluding hydrogens is 228 g/mol. The highest BCUT2D eigenvalue weighted by Crippen LogP contribution is 2.15. The van der Waals surface area contributed by atoms with Crippen LogP contribution in [0, 0.1) is 6.57 Å². The third-order valence-electron chi connectivity index (χ3n) is 3.07. The molecule has 1 aliphatic carbocycles. The Morgan fingerprint density at radius 2 is 2.11 bits per heavy atom. The molecule has 1 aliphatic rings. The van der Waals surface area contributed by atoms with E-state index in [4.69, 9.17) is 6.57 Å². The fourth-order valence-corrected chi connectivity index (χ4v) is 2.09. The highest BCUT2D eigenvalue weighted by Gasteiger charge is 2.25. The van der Waals surface area contributed by atoms with Crippen molar-refractivity contribution in [2.45, 2.75) is 31.7 Å². The van der Waals surface area contributed by atoms with Crippen molar-refractivity contribution in [2.75, 3.05) is 0 Å². The first-order chi connectivity index (χ1) is 8.69. The maximum absolute atomic E-state index is 11.7. The van der Waals surface area contributed by atoms with Gasteiger partial charge in [0.2, 0.25) is 5.91 Å². The number of hydrogen-bond acceptors (Lipinski definition) is 2. The quantitative estimate of drug-likeness (QED) is 0.824. The zero-order chi connectivity index (χ0) is 13.0. The Bertz CT molecular complexity index is 500. The van der Waals surface area contributed by atoms with Gasteiger partial charge in [-0.1, -0.05) is 24.3 Å². The average molecular weight is 242 g/mol. The first-order valence-corrected chi connectivity index (χ1v) is 5.97. The number of rotatable bonds is 3. The summed E-state index contributed by atoms with van der Waals surface area (Å²) in [6, 6.07) is 6.62. The second-order valence-corrected chi connectivity index (χ2v) is 4.43. The van der Waals surface area contributed by atoms with Gasteiger partial charge in [0.15, 0.2) is 11.5 Å². The highest BCUT2D eigenvalue weighted by atomic mass is 16.2. The zero-order valence-corrected chi connectivity index (χ0v) is 9.98. The smallest absolute Gasteiger partial charge is 0.224 e. The summed E-state index contributed by atoms with van der Waals surface area (Å²) in [5, 5.41) is 2.76. The molecule has 4 heteroatoms. The number of hydrogen-bond donors (Lipinski definition) is 1. The van der Waals surface area contributed by atoms with Crippen LogP contribution in [0.25, 0.3) is 4.85 Å². The Labute approximate surface area is 106 Å². The monoisotopic (exact) mass is 242 g/mol. The second kappa shape index (κ2) is 5.46. The number of nitrogens with zero attached hydrogens (tertiary/aromatic N) is 1. The molecule has 0 aromatic heterocycles.